The fourth-order valence-electron chi connectivity index (χ4n) is 4.83. The summed E-state index contributed by atoms with van der Waals surface area (Å²) in [6, 6.07) is 19.8. The minimum atomic E-state index is -0.132. The molecular formula is C28H24N6O. The minimum Gasteiger partial charge on any atom is -0.382 e. The van der Waals surface area contributed by atoms with Gasteiger partial charge in [-0.15, -0.1) is 0 Å². The summed E-state index contributed by atoms with van der Waals surface area (Å²) in [7, 11) is 0. The summed E-state index contributed by atoms with van der Waals surface area (Å²) >= 11 is 0. The maximum Gasteiger partial charge on any atom is 0.298 e. The smallest absolute Gasteiger partial charge is 0.298 e. The number of hydrogen-bond donors (Lipinski definition) is 2. The van der Waals surface area contributed by atoms with Crippen LogP contribution in [0.15, 0.2) is 73.1 Å². The summed E-state index contributed by atoms with van der Waals surface area (Å²) in [5.41, 5.74) is 10.7. The van der Waals surface area contributed by atoms with E-state index < -0.39 is 0 Å². The van der Waals surface area contributed by atoms with Crippen molar-refractivity contribution >= 4 is 28.1 Å². The van der Waals surface area contributed by atoms with E-state index in [9.17, 15) is 4.79 Å². The molecule has 1 fully saturated rings. The molecule has 2 aromatic carbocycles. The fraction of sp³-hybridized carbons (Fsp3) is 0.179. The number of nitrogen functional groups attached to an aromatic ring is 1. The van der Waals surface area contributed by atoms with Gasteiger partial charge in [-0.25, -0.2) is 9.97 Å². The van der Waals surface area contributed by atoms with Gasteiger partial charge in [-0.3, -0.25) is 9.20 Å². The summed E-state index contributed by atoms with van der Waals surface area (Å²) in [6.07, 6.45) is 5.25. The van der Waals surface area contributed by atoms with Crippen LogP contribution in [0.5, 0.6) is 0 Å². The number of nitrogens with one attached hydrogen (secondary N) is 1. The number of H-pyrrole nitrogens is 1. The summed E-state index contributed by atoms with van der Waals surface area (Å²) in [5, 5.41) is 1.12. The highest BCUT2D eigenvalue weighted by atomic mass is 16.2. The Morgan fingerprint density at radius 3 is 2.63 bits per heavy atom. The van der Waals surface area contributed by atoms with Gasteiger partial charge in [0.15, 0.2) is 0 Å². The van der Waals surface area contributed by atoms with Crippen molar-refractivity contribution in [3.63, 3.8) is 0 Å². The highest BCUT2D eigenvalue weighted by molar-refractivity contribution is 5.94. The first-order chi connectivity index (χ1) is 17.2. The van der Waals surface area contributed by atoms with Gasteiger partial charge in [-0.05, 0) is 37.1 Å². The van der Waals surface area contributed by atoms with Gasteiger partial charge in [0.05, 0.1) is 5.69 Å². The van der Waals surface area contributed by atoms with Gasteiger partial charge in [0.2, 0.25) is 0 Å². The number of rotatable bonds is 2. The largest absolute Gasteiger partial charge is 0.382 e. The number of nitrogens with two attached hydrogens (primary N) is 1. The Balaban J connectivity index is 1.27. The van der Waals surface area contributed by atoms with Gasteiger partial charge in [0, 0.05) is 53.8 Å². The van der Waals surface area contributed by atoms with Crippen molar-refractivity contribution in [2.75, 3.05) is 18.8 Å². The van der Waals surface area contributed by atoms with Crippen molar-refractivity contribution in [2.45, 2.75) is 18.8 Å². The highest BCUT2D eigenvalue weighted by Gasteiger charge is 2.28. The van der Waals surface area contributed by atoms with E-state index >= 15 is 0 Å². The first-order valence-corrected chi connectivity index (χ1v) is 11.7. The molecule has 3 N–H and O–H groups in total. The SMILES string of the molecule is Nc1nccn2c(C3CCN(C(=O)C#Cc4ccccc4)CC3)nc(-c3cc4ccccc4[nH]3)c12. The number of nitrogens with zero attached hydrogens (tertiary/aromatic N) is 4. The standard InChI is InChI=1S/C28H24N6O/c29-27-26-25(23-18-21-8-4-5-9-22(21)31-23)32-28(34(26)17-14-30-27)20-12-15-33(16-13-20)24(35)11-10-19-6-2-1-3-7-19/h1-9,14,17-18,20,31H,12-13,15-16H2,(H2,29,30). The molecule has 1 aliphatic rings. The maximum absolute atomic E-state index is 12.6. The van der Waals surface area contributed by atoms with Crippen molar-refractivity contribution in [3.8, 4) is 23.2 Å². The number of carbonyl (C=O) groups excluding carboxylic acids is 1. The molecule has 7 nitrogen and oxygen atoms in total. The van der Waals surface area contributed by atoms with Gasteiger partial charge in [0.1, 0.15) is 22.9 Å². The maximum atomic E-state index is 12.6. The lowest BCUT2D eigenvalue weighted by atomic mass is 9.96. The van der Waals surface area contributed by atoms with E-state index in [0.717, 1.165) is 52.0 Å². The van der Waals surface area contributed by atoms with Crippen molar-refractivity contribution in [3.05, 3.63) is 84.4 Å². The minimum absolute atomic E-state index is 0.132. The second-order valence-electron chi connectivity index (χ2n) is 8.80. The fourth-order valence-corrected chi connectivity index (χ4v) is 4.83. The van der Waals surface area contributed by atoms with E-state index in [1.54, 1.807) is 6.20 Å². The van der Waals surface area contributed by atoms with Crippen LogP contribution in [-0.2, 0) is 4.79 Å². The van der Waals surface area contributed by atoms with Crippen LogP contribution >= 0.6 is 0 Å². The topological polar surface area (TPSA) is 92.3 Å². The molecule has 3 aromatic heterocycles. The van der Waals surface area contributed by atoms with Gasteiger partial charge in [-0.2, -0.15) is 0 Å². The molecule has 0 saturated carbocycles. The summed E-state index contributed by atoms with van der Waals surface area (Å²) in [6.45, 7) is 1.29. The van der Waals surface area contributed by atoms with Gasteiger partial charge >= 0.3 is 0 Å². The molecule has 1 saturated heterocycles. The molecule has 0 spiro atoms. The van der Waals surface area contributed by atoms with E-state index in [4.69, 9.17) is 10.7 Å². The first-order valence-electron chi connectivity index (χ1n) is 11.7. The lowest BCUT2D eigenvalue weighted by molar-refractivity contribution is -0.126. The number of imidazole rings is 1. The Morgan fingerprint density at radius 2 is 1.83 bits per heavy atom. The molecule has 172 valence electrons. The third-order valence-electron chi connectivity index (χ3n) is 6.63. The molecule has 7 heteroatoms. The molecule has 0 bridgehead atoms. The van der Waals surface area contributed by atoms with E-state index in [1.165, 1.54) is 0 Å². The Labute approximate surface area is 202 Å². The number of benzene rings is 2. The Hall–Kier alpha value is -4.57. The second kappa shape index (κ2) is 8.65. The zero-order chi connectivity index (χ0) is 23.8. The molecule has 0 radical (unpaired) electrons. The van der Waals surface area contributed by atoms with Crippen molar-refractivity contribution < 1.29 is 4.79 Å². The molecular weight excluding hydrogens is 436 g/mol. The third kappa shape index (κ3) is 3.89. The van der Waals surface area contributed by atoms with Gasteiger partial charge in [0.25, 0.3) is 5.91 Å². The zero-order valence-corrected chi connectivity index (χ0v) is 19.1. The monoisotopic (exact) mass is 460 g/mol. The quantitative estimate of drug-likeness (QED) is 0.386. The van der Waals surface area contributed by atoms with Crippen LogP contribution < -0.4 is 5.73 Å². The number of aromatic nitrogens is 4. The molecule has 35 heavy (non-hydrogen) atoms. The predicted molar refractivity (Wildman–Crippen MR) is 137 cm³/mol. The average molecular weight is 461 g/mol. The lowest BCUT2D eigenvalue weighted by Gasteiger charge is -2.30. The molecule has 5 aromatic rings. The zero-order valence-electron chi connectivity index (χ0n) is 19.1. The van der Waals surface area contributed by atoms with E-state index in [1.807, 2.05) is 59.6 Å². The molecule has 0 unspecified atom stereocenters. The average Bonchev–Trinajstić information content (AvgIpc) is 3.50. The summed E-state index contributed by atoms with van der Waals surface area (Å²) in [5.74, 6) is 7.22. The predicted octanol–water partition coefficient (Wildman–Crippen LogP) is 4.22. The van der Waals surface area contributed by atoms with Gasteiger partial charge in [-0.1, -0.05) is 42.3 Å². The molecule has 1 aliphatic heterocycles. The van der Waals surface area contributed by atoms with Crippen LogP contribution in [0.2, 0.25) is 0 Å². The van der Waals surface area contributed by atoms with Crippen LogP contribution in [0.1, 0.15) is 30.1 Å². The number of likely N-dealkylation sites (tertiary alicyclic amines) is 1. The molecule has 0 aliphatic carbocycles. The highest BCUT2D eigenvalue weighted by Crippen LogP contribution is 2.35. The number of carbonyl (C=O) groups is 1. The molecule has 6 rings (SSSR count). The summed E-state index contributed by atoms with van der Waals surface area (Å²) in [4.78, 5) is 27.3. The van der Waals surface area contributed by atoms with Gasteiger partial charge < -0.3 is 15.6 Å². The van der Waals surface area contributed by atoms with Crippen LogP contribution in [-0.4, -0.2) is 43.2 Å². The van der Waals surface area contributed by atoms with Crippen molar-refractivity contribution in [1.82, 2.24) is 24.3 Å². The normalized spacial score (nSPS) is 14.2. The van der Waals surface area contributed by atoms with E-state index in [-0.39, 0.29) is 11.8 Å². The third-order valence-corrected chi connectivity index (χ3v) is 6.63. The number of anilines is 1. The second-order valence-corrected chi connectivity index (χ2v) is 8.80. The first kappa shape index (κ1) is 21.0. The number of hydrogen-bond acceptors (Lipinski definition) is 4. The Kier molecular flexibility index (Phi) is 5.19. The number of fused-ring (bicyclic) bond motifs is 2. The van der Waals surface area contributed by atoms with Crippen molar-refractivity contribution in [2.24, 2.45) is 0 Å². The van der Waals surface area contributed by atoms with Crippen LogP contribution in [0.3, 0.4) is 0 Å². The number of amides is 1. The lowest BCUT2D eigenvalue weighted by Crippen LogP contribution is -2.37. The Bertz CT molecular complexity index is 1560. The van der Waals surface area contributed by atoms with E-state index in [2.05, 4.69) is 38.3 Å². The van der Waals surface area contributed by atoms with Crippen molar-refractivity contribution in [1.29, 1.82) is 0 Å². The van der Waals surface area contributed by atoms with Crippen LogP contribution in [0.4, 0.5) is 5.82 Å². The molecule has 4 heterocycles. The number of piperidine rings is 1. The molecule has 0 atom stereocenters. The number of para-hydroxylation sites is 1. The summed E-state index contributed by atoms with van der Waals surface area (Å²) < 4.78 is 2.06. The van der Waals surface area contributed by atoms with Crippen LogP contribution in [0.25, 0.3) is 27.8 Å². The number of aromatic amines is 1. The Morgan fingerprint density at radius 1 is 1.06 bits per heavy atom. The van der Waals surface area contributed by atoms with Crippen LogP contribution in [0, 0.1) is 11.8 Å². The van der Waals surface area contributed by atoms with E-state index in [0.29, 0.717) is 18.9 Å². The molecule has 1 amide bonds.